The summed E-state index contributed by atoms with van der Waals surface area (Å²) in [6.07, 6.45) is 1.78. The van der Waals surface area contributed by atoms with Crippen LogP contribution in [-0.4, -0.2) is 15.7 Å². The molecular formula is C22H16Cl3N3O2S. The number of anilines is 1. The smallest absolute Gasteiger partial charge is 0.266 e. The van der Waals surface area contributed by atoms with Gasteiger partial charge in [-0.3, -0.25) is 9.48 Å². The molecular weight excluding hydrogens is 477 g/mol. The van der Waals surface area contributed by atoms with Crippen molar-refractivity contribution in [2.24, 2.45) is 0 Å². The van der Waals surface area contributed by atoms with E-state index in [2.05, 4.69) is 10.4 Å². The molecule has 0 saturated carbocycles. The standard InChI is InChI=1S/C22H16Cl3N3O2S/c23-16-3-5-18(6-4-16)30-12-14-9-20(31-13-14)22(29)26-21-7-8-28(27-21)11-15-1-2-17(24)10-19(15)25/h1-10,13H,11-12H2,(H,26,27,29). The fourth-order valence-electron chi connectivity index (χ4n) is 2.79. The molecule has 9 heteroatoms. The van der Waals surface area contributed by atoms with Gasteiger partial charge in [0.2, 0.25) is 0 Å². The highest BCUT2D eigenvalue weighted by Gasteiger charge is 2.12. The highest BCUT2D eigenvalue weighted by Crippen LogP contribution is 2.23. The van der Waals surface area contributed by atoms with E-state index in [9.17, 15) is 4.79 Å². The summed E-state index contributed by atoms with van der Waals surface area (Å²) in [5, 5.41) is 10.9. The molecule has 0 spiro atoms. The average molecular weight is 493 g/mol. The van der Waals surface area contributed by atoms with Crippen molar-refractivity contribution < 1.29 is 9.53 Å². The van der Waals surface area contributed by atoms with E-state index in [4.69, 9.17) is 39.5 Å². The number of carbonyl (C=O) groups is 1. The molecule has 0 bridgehead atoms. The van der Waals surface area contributed by atoms with E-state index in [0.717, 1.165) is 11.1 Å². The van der Waals surface area contributed by atoms with Crippen LogP contribution in [0.15, 0.2) is 66.2 Å². The van der Waals surface area contributed by atoms with Crippen molar-refractivity contribution in [3.8, 4) is 5.75 Å². The summed E-state index contributed by atoms with van der Waals surface area (Å²) < 4.78 is 7.42. The molecule has 0 radical (unpaired) electrons. The first kappa shape index (κ1) is 21.7. The number of hydrogen-bond donors (Lipinski definition) is 1. The molecule has 5 nitrogen and oxygen atoms in total. The highest BCUT2D eigenvalue weighted by molar-refractivity contribution is 7.12. The molecule has 0 saturated heterocycles. The van der Waals surface area contributed by atoms with Crippen LogP contribution in [0.1, 0.15) is 20.8 Å². The Morgan fingerprint density at radius 2 is 1.81 bits per heavy atom. The van der Waals surface area contributed by atoms with Gasteiger partial charge in [0, 0.05) is 32.9 Å². The molecule has 31 heavy (non-hydrogen) atoms. The van der Waals surface area contributed by atoms with Crippen LogP contribution >= 0.6 is 46.1 Å². The Morgan fingerprint density at radius 3 is 2.58 bits per heavy atom. The van der Waals surface area contributed by atoms with Crippen LogP contribution in [0.2, 0.25) is 15.1 Å². The maximum Gasteiger partial charge on any atom is 0.266 e. The summed E-state index contributed by atoms with van der Waals surface area (Å²) in [7, 11) is 0. The van der Waals surface area contributed by atoms with E-state index in [0.29, 0.717) is 44.7 Å². The van der Waals surface area contributed by atoms with E-state index in [1.807, 2.05) is 11.4 Å². The lowest BCUT2D eigenvalue weighted by atomic mass is 10.2. The molecule has 4 rings (SSSR count). The van der Waals surface area contributed by atoms with Crippen molar-refractivity contribution >= 4 is 57.9 Å². The zero-order chi connectivity index (χ0) is 21.8. The molecule has 0 unspecified atom stereocenters. The van der Waals surface area contributed by atoms with Crippen molar-refractivity contribution in [1.29, 1.82) is 0 Å². The van der Waals surface area contributed by atoms with E-state index in [1.165, 1.54) is 11.3 Å². The predicted molar refractivity (Wildman–Crippen MR) is 126 cm³/mol. The average Bonchev–Trinajstić information content (AvgIpc) is 3.39. The topological polar surface area (TPSA) is 56.2 Å². The van der Waals surface area contributed by atoms with Crippen LogP contribution in [0, 0.1) is 0 Å². The number of nitrogens with zero attached hydrogens (tertiary/aromatic N) is 2. The second-order valence-corrected chi connectivity index (χ2v) is 8.84. The number of carbonyl (C=O) groups excluding carboxylic acids is 1. The van der Waals surface area contributed by atoms with E-state index < -0.39 is 0 Å². The third-order valence-corrected chi connectivity index (χ3v) is 6.14. The Hall–Kier alpha value is -2.51. The molecule has 1 amide bonds. The summed E-state index contributed by atoms with van der Waals surface area (Å²) in [5.41, 5.74) is 1.80. The molecule has 1 N–H and O–H groups in total. The Bertz CT molecular complexity index is 1200. The lowest BCUT2D eigenvalue weighted by Crippen LogP contribution is -2.11. The second-order valence-electron chi connectivity index (χ2n) is 6.65. The van der Waals surface area contributed by atoms with Crippen molar-refractivity contribution in [2.45, 2.75) is 13.2 Å². The van der Waals surface area contributed by atoms with Gasteiger partial charge in [-0.15, -0.1) is 11.3 Å². The quantitative estimate of drug-likeness (QED) is 0.309. The molecule has 0 aliphatic carbocycles. The van der Waals surface area contributed by atoms with Crippen molar-refractivity contribution in [2.75, 3.05) is 5.32 Å². The summed E-state index contributed by atoms with van der Waals surface area (Å²) in [6, 6.07) is 16.0. The Balaban J connectivity index is 1.34. The number of halogens is 3. The molecule has 2 aromatic carbocycles. The van der Waals surface area contributed by atoms with Gasteiger partial charge in [0.05, 0.1) is 11.4 Å². The number of amides is 1. The van der Waals surface area contributed by atoms with Gasteiger partial charge in [-0.05, 0) is 53.4 Å². The zero-order valence-electron chi connectivity index (χ0n) is 16.0. The minimum Gasteiger partial charge on any atom is -0.489 e. The van der Waals surface area contributed by atoms with Crippen LogP contribution in [0.25, 0.3) is 0 Å². The van der Waals surface area contributed by atoms with E-state index in [1.54, 1.807) is 59.4 Å². The van der Waals surface area contributed by atoms with Gasteiger partial charge >= 0.3 is 0 Å². The Kier molecular flexibility index (Phi) is 6.83. The lowest BCUT2D eigenvalue weighted by molar-refractivity contribution is 0.103. The van der Waals surface area contributed by atoms with E-state index >= 15 is 0 Å². The first-order chi connectivity index (χ1) is 15.0. The minimum absolute atomic E-state index is 0.225. The zero-order valence-corrected chi connectivity index (χ0v) is 19.1. The number of ether oxygens (including phenoxy) is 1. The molecule has 4 aromatic rings. The fourth-order valence-corrected chi connectivity index (χ4v) is 4.17. The van der Waals surface area contributed by atoms with Crippen LogP contribution in [0.4, 0.5) is 5.82 Å². The molecule has 0 atom stereocenters. The second kappa shape index (κ2) is 9.75. The number of aromatic nitrogens is 2. The fraction of sp³-hybridized carbons (Fsp3) is 0.0909. The molecule has 0 aliphatic heterocycles. The Labute approximate surface area is 198 Å². The van der Waals surface area contributed by atoms with Gasteiger partial charge in [0.25, 0.3) is 5.91 Å². The maximum atomic E-state index is 12.6. The van der Waals surface area contributed by atoms with Crippen LogP contribution < -0.4 is 10.1 Å². The van der Waals surface area contributed by atoms with Gasteiger partial charge in [0.1, 0.15) is 12.4 Å². The van der Waals surface area contributed by atoms with Gasteiger partial charge in [-0.1, -0.05) is 40.9 Å². The summed E-state index contributed by atoms with van der Waals surface area (Å²) in [5.74, 6) is 0.952. The Morgan fingerprint density at radius 1 is 1.03 bits per heavy atom. The van der Waals surface area contributed by atoms with Crippen molar-refractivity contribution in [1.82, 2.24) is 9.78 Å². The molecule has 0 fully saturated rings. The van der Waals surface area contributed by atoms with Crippen LogP contribution in [-0.2, 0) is 13.2 Å². The molecule has 0 aliphatic rings. The van der Waals surface area contributed by atoms with Crippen molar-refractivity contribution in [3.63, 3.8) is 0 Å². The minimum atomic E-state index is -0.225. The number of rotatable bonds is 7. The highest BCUT2D eigenvalue weighted by atomic mass is 35.5. The van der Waals surface area contributed by atoms with Gasteiger partial charge in [0.15, 0.2) is 5.82 Å². The molecule has 158 valence electrons. The maximum absolute atomic E-state index is 12.6. The number of benzene rings is 2. The normalized spacial score (nSPS) is 10.8. The molecule has 2 aromatic heterocycles. The third kappa shape index (κ3) is 5.80. The van der Waals surface area contributed by atoms with Gasteiger partial charge in [-0.2, -0.15) is 5.10 Å². The SMILES string of the molecule is O=C(Nc1ccn(Cc2ccc(Cl)cc2Cl)n1)c1cc(COc2ccc(Cl)cc2)cs1. The number of hydrogen-bond acceptors (Lipinski definition) is 4. The first-order valence-electron chi connectivity index (χ1n) is 9.21. The summed E-state index contributed by atoms with van der Waals surface area (Å²) in [4.78, 5) is 13.1. The first-order valence-corrected chi connectivity index (χ1v) is 11.2. The van der Waals surface area contributed by atoms with Gasteiger partial charge in [-0.25, -0.2) is 0 Å². The monoisotopic (exact) mass is 491 g/mol. The largest absolute Gasteiger partial charge is 0.489 e. The molecule has 2 heterocycles. The van der Waals surface area contributed by atoms with Crippen LogP contribution in [0.3, 0.4) is 0 Å². The van der Waals surface area contributed by atoms with Crippen molar-refractivity contribution in [3.05, 3.63) is 97.2 Å². The predicted octanol–water partition coefficient (Wildman–Crippen LogP) is 6.78. The summed E-state index contributed by atoms with van der Waals surface area (Å²) >= 11 is 19.4. The van der Waals surface area contributed by atoms with E-state index in [-0.39, 0.29) is 5.91 Å². The third-order valence-electron chi connectivity index (χ3n) is 4.33. The number of thiophene rings is 1. The lowest BCUT2D eigenvalue weighted by Gasteiger charge is -2.05. The summed E-state index contributed by atoms with van der Waals surface area (Å²) in [6.45, 7) is 0.832. The van der Waals surface area contributed by atoms with Crippen LogP contribution in [0.5, 0.6) is 5.75 Å². The number of nitrogens with one attached hydrogen (secondary N) is 1. The van der Waals surface area contributed by atoms with Gasteiger partial charge < -0.3 is 10.1 Å².